The molecule has 2 heterocycles. The van der Waals surface area contributed by atoms with E-state index in [4.69, 9.17) is 75.6 Å². The fourth-order valence-electron chi connectivity index (χ4n) is 9.38. The average molecular weight is 1230 g/mol. The van der Waals surface area contributed by atoms with Crippen LogP contribution < -0.4 is 28.3 Å². The van der Waals surface area contributed by atoms with Gasteiger partial charge in [-0.25, -0.2) is 13.8 Å². The summed E-state index contributed by atoms with van der Waals surface area (Å²) >= 11 is 0. The molecular formula is C63H101FN10O13. The lowest BCUT2D eigenvalue weighted by molar-refractivity contribution is -0.0110. The number of amides is 1. The van der Waals surface area contributed by atoms with Crippen LogP contribution in [0, 0.1) is 41.8 Å². The van der Waals surface area contributed by atoms with Gasteiger partial charge in [-0.15, -0.1) is 0 Å². The fourth-order valence-corrected chi connectivity index (χ4v) is 9.38. The minimum absolute atomic E-state index is 0. The van der Waals surface area contributed by atoms with Crippen molar-refractivity contribution in [2.75, 3.05) is 164 Å². The molecule has 0 fully saturated rings. The van der Waals surface area contributed by atoms with Gasteiger partial charge in [-0.3, -0.25) is 14.4 Å². The first kappa shape index (κ1) is 75.6. The van der Waals surface area contributed by atoms with Crippen molar-refractivity contribution in [1.82, 2.24) is 19.6 Å². The van der Waals surface area contributed by atoms with Crippen molar-refractivity contribution in [3.63, 3.8) is 0 Å². The number of halogens is 1. The van der Waals surface area contributed by atoms with Crippen LogP contribution in [0.5, 0.6) is 0 Å². The maximum atomic E-state index is 13.9. The van der Waals surface area contributed by atoms with Crippen LogP contribution >= 0.6 is 0 Å². The fraction of sp³-hybridized carbons (Fsp3) is 0.651. The van der Waals surface area contributed by atoms with Gasteiger partial charge in [-0.2, -0.15) is 15.5 Å². The van der Waals surface area contributed by atoms with Gasteiger partial charge in [0.15, 0.2) is 11.6 Å². The molecule has 0 saturated carbocycles. The van der Waals surface area contributed by atoms with Crippen LogP contribution in [0.1, 0.15) is 133 Å². The predicted molar refractivity (Wildman–Crippen MR) is 332 cm³/mol. The minimum atomic E-state index is -0.580. The zero-order valence-electron chi connectivity index (χ0n) is 51.8. The third-order valence-electron chi connectivity index (χ3n) is 13.5. The lowest BCUT2D eigenvalue weighted by Gasteiger charge is -2.29. The lowest BCUT2D eigenvalue weighted by Crippen LogP contribution is -2.28. The van der Waals surface area contributed by atoms with E-state index in [1.54, 1.807) is 29.8 Å². The van der Waals surface area contributed by atoms with Gasteiger partial charge in [0.1, 0.15) is 11.9 Å². The normalized spacial score (nSPS) is 13.8. The third kappa shape index (κ3) is 27.8. The molecule has 87 heavy (non-hydrogen) atoms. The Morgan fingerprint density at radius 3 is 1.22 bits per heavy atom. The lowest BCUT2D eigenvalue weighted by atomic mass is 9.75. The topological polar surface area (TPSA) is 319 Å². The molecule has 6 rings (SSSR count). The number of hydrogen-bond donors (Lipinski definition) is 5. The summed E-state index contributed by atoms with van der Waals surface area (Å²) in [6.45, 7) is 25.8. The number of hydrogen-bond acceptors (Lipinski definition) is 20. The number of nitrogens with two attached hydrogens (primary N) is 4. The molecule has 0 radical (unpaired) electrons. The first-order valence-electron chi connectivity index (χ1n) is 30.0. The molecule has 4 aromatic rings. The van der Waals surface area contributed by atoms with Crippen LogP contribution in [0.25, 0.3) is 11.4 Å². The number of carbonyl (C=O) groups excluding carboxylic acids is 3. The summed E-state index contributed by atoms with van der Waals surface area (Å²) in [6.07, 6.45) is 5.81. The summed E-state index contributed by atoms with van der Waals surface area (Å²) in [5.74, 6) is -0.886. The number of ketones is 2. The van der Waals surface area contributed by atoms with E-state index in [1.165, 1.54) is 12.1 Å². The quantitative estimate of drug-likeness (QED) is 0.0299. The number of ether oxygens (including phenoxy) is 10. The highest BCUT2D eigenvalue weighted by Crippen LogP contribution is 2.39. The van der Waals surface area contributed by atoms with E-state index in [1.807, 2.05) is 37.6 Å². The first-order valence-corrected chi connectivity index (χ1v) is 30.0. The summed E-state index contributed by atoms with van der Waals surface area (Å²) < 4.78 is 71.4. The molecule has 24 heteroatoms. The van der Waals surface area contributed by atoms with Crippen molar-refractivity contribution in [2.45, 2.75) is 100 Å². The number of nitriles is 1. The van der Waals surface area contributed by atoms with E-state index in [2.05, 4.69) is 29.4 Å². The van der Waals surface area contributed by atoms with E-state index < -0.39 is 11.7 Å². The van der Waals surface area contributed by atoms with Crippen molar-refractivity contribution in [1.29, 1.82) is 5.26 Å². The van der Waals surface area contributed by atoms with E-state index in [0.29, 0.717) is 211 Å². The molecule has 0 saturated heterocycles. The first-order chi connectivity index (χ1) is 41.5. The largest absolute Gasteiger partial charge is 0.384 e. The molecule has 0 atom stereocenters. The van der Waals surface area contributed by atoms with E-state index in [0.717, 1.165) is 54.9 Å². The van der Waals surface area contributed by atoms with Gasteiger partial charge < -0.3 is 75.6 Å². The maximum absolute atomic E-state index is 13.9. The standard InChI is InChI=1S/C31H49N5O7.C17H16FN3O.C14H32N2O5.CH4/c1-23-29-27(21-31(2,3)22-28(29)37)36(35-23)24-6-7-25(30(33)38)26(20-24)34-9-5-11-40-13-15-42-17-19-43-18-16-41-14-12-39-10-4-8-32;1-10-16-14(7-17(2,3)8-15(16)22)21(20-10)12-5-4-11(9-19)13(18)6-12;15-3-1-5-17-7-9-19-11-13-21-14-12-20-10-8-18-6-2-4-16;/h6-7,20,34H,4-5,8-19,21-22,32H2,1-3H3,(H2,33,38);4-6H,7-8H2,1-3H3;1-16H2;1H4. The smallest absolute Gasteiger partial charge is 0.250 e. The Kier molecular flexibility index (Phi) is 36.8. The maximum Gasteiger partial charge on any atom is 0.250 e. The van der Waals surface area contributed by atoms with Gasteiger partial charge in [0.2, 0.25) is 0 Å². The Labute approximate surface area is 514 Å². The molecule has 23 nitrogen and oxygen atoms in total. The minimum Gasteiger partial charge on any atom is -0.384 e. The van der Waals surface area contributed by atoms with E-state index in [-0.39, 0.29) is 35.4 Å². The van der Waals surface area contributed by atoms with Crippen molar-refractivity contribution in [3.05, 3.63) is 87.2 Å². The SMILES string of the molecule is C.Cc1nn(-c2ccc(C#N)c(F)c2)c2c1C(=O)CC(C)(C)C2.Cc1nn(-c2ccc(C(N)=O)c(NCCCOCCOCCOCCOCCOCCCN)c2)c2c1C(=O)CC(C)(C)C2.NCCCOCCOCCOCCOCCOCCCN. The van der Waals surface area contributed by atoms with Crippen molar-refractivity contribution < 1.29 is 66.1 Å². The highest BCUT2D eigenvalue weighted by Gasteiger charge is 2.37. The second-order valence-electron chi connectivity index (χ2n) is 22.2. The number of benzene rings is 2. The molecule has 488 valence electrons. The van der Waals surface area contributed by atoms with Crippen LogP contribution in [0.2, 0.25) is 0 Å². The number of anilines is 1. The van der Waals surface area contributed by atoms with E-state index in [9.17, 15) is 18.8 Å². The van der Waals surface area contributed by atoms with Crippen LogP contribution in [-0.4, -0.2) is 195 Å². The molecule has 2 aromatic carbocycles. The number of aromatic nitrogens is 4. The van der Waals surface area contributed by atoms with Crippen molar-refractivity contribution in [3.8, 4) is 17.4 Å². The molecule has 2 aliphatic carbocycles. The van der Waals surface area contributed by atoms with E-state index >= 15 is 0 Å². The van der Waals surface area contributed by atoms with Crippen LogP contribution in [0.4, 0.5) is 10.1 Å². The zero-order valence-corrected chi connectivity index (χ0v) is 51.8. The van der Waals surface area contributed by atoms with Gasteiger partial charge in [-0.05, 0) is 113 Å². The zero-order chi connectivity index (χ0) is 62.6. The molecule has 2 aromatic heterocycles. The van der Waals surface area contributed by atoms with Crippen molar-refractivity contribution in [2.24, 2.45) is 33.8 Å². The Morgan fingerprint density at radius 2 is 0.885 bits per heavy atom. The molecule has 0 aliphatic heterocycles. The second kappa shape index (κ2) is 42.3. The third-order valence-corrected chi connectivity index (χ3v) is 13.5. The number of fused-ring (bicyclic) bond motifs is 2. The van der Waals surface area contributed by atoms with Gasteiger partial charge in [0.25, 0.3) is 5.91 Å². The number of nitrogens with zero attached hydrogens (tertiary/aromatic N) is 5. The Balaban J connectivity index is 0.000000377. The Bertz CT molecular complexity index is 2660. The number of aryl methyl sites for hydroxylation is 2. The number of nitrogens with one attached hydrogen (secondary N) is 1. The molecule has 0 bridgehead atoms. The summed E-state index contributed by atoms with van der Waals surface area (Å²) in [4.78, 5) is 37.3. The number of carbonyl (C=O) groups is 3. The number of Topliss-reactive ketones (excluding diaryl/α,β-unsaturated/α-hetero) is 2. The monoisotopic (exact) mass is 1220 g/mol. The second-order valence-corrected chi connectivity index (χ2v) is 22.2. The van der Waals surface area contributed by atoms with Gasteiger partial charge >= 0.3 is 0 Å². The summed E-state index contributed by atoms with van der Waals surface area (Å²) in [5.41, 5.74) is 28.3. The summed E-state index contributed by atoms with van der Waals surface area (Å²) in [6, 6.07) is 11.6. The van der Waals surface area contributed by atoms with Gasteiger partial charge in [0.05, 0.1) is 162 Å². The molecule has 2 aliphatic rings. The number of rotatable bonds is 41. The predicted octanol–water partition coefficient (Wildman–Crippen LogP) is 6.42. The molecule has 9 N–H and O–H groups in total. The average Bonchev–Trinajstić information content (AvgIpc) is 2.24. The Morgan fingerprint density at radius 1 is 0.552 bits per heavy atom. The number of primary amides is 1. The summed E-state index contributed by atoms with van der Waals surface area (Å²) in [5, 5.41) is 21.2. The Hall–Kier alpha value is -5.63. The van der Waals surface area contributed by atoms with Crippen molar-refractivity contribution >= 4 is 23.2 Å². The van der Waals surface area contributed by atoms with Crippen LogP contribution in [-0.2, 0) is 60.2 Å². The van der Waals surface area contributed by atoms with Gasteiger partial charge in [-0.1, -0.05) is 35.1 Å². The van der Waals surface area contributed by atoms with Gasteiger partial charge in [0, 0.05) is 57.6 Å². The highest BCUT2D eigenvalue weighted by molar-refractivity contribution is 6.01. The molecular weight excluding hydrogens is 1120 g/mol. The highest BCUT2D eigenvalue weighted by atomic mass is 19.1. The molecule has 1 amide bonds. The summed E-state index contributed by atoms with van der Waals surface area (Å²) in [7, 11) is 0. The molecule has 0 unspecified atom stereocenters. The van der Waals surface area contributed by atoms with Crippen LogP contribution in [0.3, 0.4) is 0 Å². The van der Waals surface area contributed by atoms with Crippen LogP contribution in [0.15, 0.2) is 36.4 Å². The molecule has 0 spiro atoms.